The maximum atomic E-state index is 12.0. The molecule has 108 valence electrons. The third-order valence-electron chi connectivity index (χ3n) is 2.85. The van der Waals surface area contributed by atoms with Gasteiger partial charge in [-0.2, -0.15) is 0 Å². The van der Waals surface area contributed by atoms with Crippen molar-refractivity contribution in [1.29, 1.82) is 0 Å². The number of aliphatic hydroxyl groups is 1. The van der Waals surface area contributed by atoms with Crippen LogP contribution < -0.4 is 5.32 Å². The Balaban J connectivity index is 2.16. The molecular formula is C16H15ClN2O2. The van der Waals surface area contributed by atoms with Crippen molar-refractivity contribution in [2.75, 3.05) is 11.9 Å². The molecule has 0 saturated carbocycles. The van der Waals surface area contributed by atoms with Gasteiger partial charge in [0, 0.05) is 23.9 Å². The highest BCUT2D eigenvalue weighted by Gasteiger charge is 2.09. The average Bonchev–Trinajstić information content (AvgIpc) is 2.89. The van der Waals surface area contributed by atoms with Crippen LogP contribution in [0.4, 0.5) is 5.69 Å². The normalized spacial score (nSPS) is 9.86. The number of carbonyl (C=O) groups excluding carboxylic acids is 1. The Labute approximate surface area is 128 Å². The smallest absolute Gasteiger partial charge is 0.272 e. The van der Waals surface area contributed by atoms with Crippen LogP contribution >= 0.6 is 11.6 Å². The lowest BCUT2D eigenvalue weighted by molar-refractivity contribution is 0.102. The number of halogens is 1. The van der Waals surface area contributed by atoms with E-state index in [2.05, 4.69) is 22.1 Å². The van der Waals surface area contributed by atoms with E-state index in [9.17, 15) is 4.79 Å². The van der Waals surface area contributed by atoms with Gasteiger partial charge in [-0.05, 0) is 30.7 Å². The lowest BCUT2D eigenvalue weighted by Crippen LogP contribution is -2.12. The van der Waals surface area contributed by atoms with Gasteiger partial charge < -0.3 is 15.4 Å². The zero-order valence-electron chi connectivity index (χ0n) is 11.5. The Morgan fingerprint density at radius 3 is 2.90 bits per heavy atom. The first-order chi connectivity index (χ1) is 10.1. The zero-order chi connectivity index (χ0) is 15.2. The predicted octanol–water partition coefficient (Wildman–Crippen LogP) is 2.96. The lowest BCUT2D eigenvalue weighted by atomic mass is 10.1. The topological polar surface area (TPSA) is 65.1 Å². The number of nitrogens with one attached hydrogen (secondary N) is 2. The highest BCUT2D eigenvalue weighted by atomic mass is 35.5. The van der Waals surface area contributed by atoms with Crippen molar-refractivity contribution < 1.29 is 9.90 Å². The molecule has 1 aromatic heterocycles. The maximum Gasteiger partial charge on any atom is 0.272 e. The van der Waals surface area contributed by atoms with Crippen LogP contribution in [0.1, 0.15) is 28.0 Å². The number of hydrogen-bond donors (Lipinski definition) is 3. The second-order valence-corrected chi connectivity index (χ2v) is 4.93. The Kier molecular flexibility index (Phi) is 5.04. The maximum absolute atomic E-state index is 12.0. The van der Waals surface area contributed by atoms with Crippen LogP contribution in [0.25, 0.3) is 0 Å². The fourth-order valence-electron chi connectivity index (χ4n) is 1.75. The van der Waals surface area contributed by atoms with E-state index >= 15 is 0 Å². The van der Waals surface area contributed by atoms with Crippen molar-refractivity contribution in [2.45, 2.75) is 13.3 Å². The standard InChI is InChI=1S/C16H15ClN2O2/c1-11-5-6-14(8-12(11)4-2-3-7-20)19-16(21)15-9-13(17)10-18-15/h5-6,8-10,18,20H,3,7H2,1H3,(H,19,21). The lowest BCUT2D eigenvalue weighted by Gasteiger charge is -2.06. The number of amides is 1. The molecule has 0 radical (unpaired) electrons. The number of benzene rings is 1. The van der Waals surface area contributed by atoms with Crippen LogP contribution in [0.5, 0.6) is 0 Å². The minimum Gasteiger partial charge on any atom is -0.395 e. The summed E-state index contributed by atoms with van der Waals surface area (Å²) in [6, 6.07) is 7.07. The summed E-state index contributed by atoms with van der Waals surface area (Å²) < 4.78 is 0. The molecule has 0 aliphatic rings. The van der Waals surface area contributed by atoms with Crippen LogP contribution in [0.2, 0.25) is 5.02 Å². The number of rotatable bonds is 3. The molecule has 2 rings (SSSR count). The van der Waals surface area contributed by atoms with Gasteiger partial charge in [-0.3, -0.25) is 4.79 Å². The third-order valence-corrected chi connectivity index (χ3v) is 3.07. The summed E-state index contributed by atoms with van der Waals surface area (Å²) in [5.41, 5.74) is 2.89. The van der Waals surface area contributed by atoms with Gasteiger partial charge in [0.15, 0.2) is 0 Å². The molecule has 1 heterocycles. The van der Waals surface area contributed by atoms with Crippen LogP contribution in [0.15, 0.2) is 30.5 Å². The fraction of sp³-hybridized carbons (Fsp3) is 0.188. The SMILES string of the molecule is Cc1ccc(NC(=O)c2cc(Cl)c[nH]2)cc1C#CCCO. The van der Waals surface area contributed by atoms with Gasteiger partial charge in [-0.25, -0.2) is 0 Å². The fourth-order valence-corrected chi connectivity index (χ4v) is 1.91. The first-order valence-corrected chi connectivity index (χ1v) is 6.83. The highest BCUT2D eigenvalue weighted by Crippen LogP contribution is 2.16. The van der Waals surface area contributed by atoms with Crippen molar-refractivity contribution in [3.8, 4) is 11.8 Å². The number of aromatic amines is 1. The molecule has 5 heteroatoms. The molecule has 0 aliphatic carbocycles. The molecule has 2 aromatic rings. The van der Waals surface area contributed by atoms with E-state index in [-0.39, 0.29) is 12.5 Å². The Morgan fingerprint density at radius 2 is 2.24 bits per heavy atom. The van der Waals surface area contributed by atoms with Crippen molar-refractivity contribution in [2.24, 2.45) is 0 Å². The Hall–Kier alpha value is -2.22. The van der Waals surface area contributed by atoms with Gasteiger partial charge in [0.25, 0.3) is 5.91 Å². The predicted molar refractivity (Wildman–Crippen MR) is 83.5 cm³/mol. The highest BCUT2D eigenvalue weighted by molar-refractivity contribution is 6.31. The van der Waals surface area contributed by atoms with Gasteiger partial charge in [0.2, 0.25) is 0 Å². The first-order valence-electron chi connectivity index (χ1n) is 6.46. The second-order valence-electron chi connectivity index (χ2n) is 4.49. The molecule has 0 aliphatic heterocycles. The van der Waals surface area contributed by atoms with Crippen molar-refractivity contribution in [1.82, 2.24) is 4.98 Å². The molecule has 0 atom stereocenters. The Bertz CT molecular complexity index is 711. The summed E-state index contributed by atoms with van der Waals surface area (Å²) in [7, 11) is 0. The zero-order valence-corrected chi connectivity index (χ0v) is 12.3. The van der Waals surface area contributed by atoms with E-state index in [0.717, 1.165) is 11.1 Å². The second kappa shape index (κ2) is 6.98. The van der Waals surface area contributed by atoms with Crippen LogP contribution in [-0.2, 0) is 0 Å². The quantitative estimate of drug-likeness (QED) is 0.763. The molecule has 3 N–H and O–H groups in total. The number of H-pyrrole nitrogens is 1. The minimum atomic E-state index is -0.264. The van der Waals surface area contributed by atoms with Gasteiger partial charge >= 0.3 is 0 Å². The number of anilines is 1. The van der Waals surface area contributed by atoms with E-state index in [1.807, 2.05) is 25.1 Å². The van der Waals surface area contributed by atoms with Gasteiger partial charge in [0.05, 0.1) is 11.6 Å². The van der Waals surface area contributed by atoms with Crippen molar-refractivity contribution in [3.63, 3.8) is 0 Å². The molecule has 1 aromatic carbocycles. The number of aliphatic hydroxyl groups excluding tert-OH is 1. The van der Waals surface area contributed by atoms with Crippen molar-refractivity contribution in [3.05, 3.63) is 52.3 Å². The summed E-state index contributed by atoms with van der Waals surface area (Å²) >= 11 is 5.77. The largest absolute Gasteiger partial charge is 0.395 e. The molecule has 1 amide bonds. The van der Waals surface area contributed by atoms with E-state index in [1.165, 1.54) is 0 Å². The molecule has 21 heavy (non-hydrogen) atoms. The third kappa shape index (κ3) is 4.12. The summed E-state index contributed by atoms with van der Waals surface area (Å²) in [5, 5.41) is 12.0. The van der Waals surface area contributed by atoms with Gasteiger partial charge in [0.1, 0.15) is 5.69 Å². The molecule has 4 nitrogen and oxygen atoms in total. The van der Waals surface area contributed by atoms with Crippen LogP contribution in [0, 0.1) is 18.8 Å². The Morgan fingerprint density at radius 1 is 1.43 bits per heavy atom. The molecule has 0 saturated heterocycles. The molecular weight excluding hydrogens is 288 g/mol. The molecule has 0 spiro atoms. The minimum absolute atomic E-state index is 0.0378. The van der Waals surface area contributed by atoms with Crippen LogP contribution in [-0.4, -0.2) is 22.6 Å². The summed E-state index contributed by atoms with van der Waals surface area (Å²) in [6.45, 7) is 1.98. The number of carbonyl (C=O) groups is 1. The summed E-state index contributed by atoms with van der Waals surface area (Å²) in [4.78, 5) is 14.8. The van der Waals surface area contributed by atoms with Gasteiger partial charge in [-0.1, -0.05) is 29.5 Å². The van der Waals surface area contributed by atoms with E-state index in [4.69, 9.17) is 16.7 Å². The number of aromatic nitrogens is 1. The first kappa shape index (κ1) is 15.2. The molecule has 0 unspecified atom stereocenters. The van der Waals surface area contributed by atoms with E-state index in [1.54, 1.807) is 12.3 Å². The molecule has 0 bridgehead atoms. The average molecular weight is 303 g/mol. The monoisotopic (exact) mass is 302 g/mol. The number of aryl methyl sites for hydroxylation is 1. The van der Waals surface area contributed by atoms with Gasteiger partial charge in [-0.15, -0.1) is 0 Å². The number of hydrogen-bond acceptors (Lipinski definition) is 2. The van der Waals surface area contributed by atoms with E-state index < -0.39 is 0 Å². The summed E-state index contributed by atoms with van der Waals surface area (Å²) in [5.74, 6) is 5.59. The summed E-state index contributed by atoms with van der Waals surface area (Å²) in [6.07, 6.45) is 1.98. The van der Waals surface area contributed by atoms with Crippen LogP contribution in [0.3, 0.4) is 0 Å². The van der Waals surface area contributed by atoms with Crippen molar-refractivity contribution >= 4 is 23.2 Å². The van der Waals surface area contributed by atoms with E-state index in [0.29, 0.717) is 22.8 Å². The molecule has 0 fully saturated rings.